The van der Waals surface area contributed by atoms with Gasteiger partial charge in [-0.05, 0) is 38.0 Å². The van der Waals surface area contributed by atoms with Crippen molar-refractivity contribution in [3.8, 4) is 11.5 Å². The number of furan rings is 1. The van der Waals surface area contributed by atoms with Crippen molar-refractivity contribution in [2.45, 2.75) is 38.4 Å². The number of hydrogen-bond donors (Lipinski definition) is 1. The average molecular weight is 367 g/mol. The van der Waals surface area contributed by atoms with Crippen LogP contribution in [0.5, 0.6) is 11.5 Å². The topological polar surface area (TPSA) is 60.7 Å². The third-order valence-electron chi connectivity index (χ3n) is 5.28. The third-order valence-corrected chi connectivity index (χ3v) is 5.28. The summed E-state index contributed by atoms with van der Waals surface area (Å²) in [5.41, 5.74) is 1.26. The van der Waals surface area contributed by atoms with Gasteiger partial charge in [-0.2, -0.15) is 0 Å². The molecule has 1 aliphatic carbocycles. The first-order valence-electron chi connectivity index (χ1n) is 9.06. The number of amides is 1. The lowest BCUT2D eigenvalue weighted by Crippen LogP contribution is -2.34. The summed E-state index contributed by atoms with van der Waals surface area (Å²) >= 11 is 0. The molecule has 1 amide bonds. The second kappa shape index (κ2) is 5.74. The number of para-hydroxylation sites is 1. The van der Waals surface area contributed by atoms with Gasteiger partial charge in [0.15, 0.2) is 28.7 Å². The minimum atomic E-state index is -0.544. The molecule has 1 fully saturated rings. The van der Waals surface area contributed by atoms with Gasteiger partial charge >= 0.3 is 0 Å². The number of fused-ring (bicyclic) bond motifs is 2. The maximum absolute atomic E-state index is 13.9. The molecule has 2 aliphatic rings. The Kier molecular flexibility index (Phi) is 3.44. The van der Waals surface area contributed by atoms with Crippen LogP contribution in [0.2, 0.25) is 0 Å². The lowest BCUT2D eigenvalue weighted by molar-refractivity contribution is -0.0716. The third kappa shape index (κ3) is 2.55. The monoisotopic (exact) mass is 367 g/mol. The Labute approximate surface area is 155 Å². The Bertz CT molecular complexity index is 1070. The number of carbonyl (C=O) groups is 1. The van der Waals surface area contributed by atoms with Crippen LogP contribution in [-0.2, 0) is 0 Å². The quantitative estimate of drug-likeness (QED) is 0.678. The van der Waals surface area contributed by atoms with Crippen LogP contribution in [0.15, 0.2) is 40.8 Å². The normalized spacial score (nSPS) is 17.0. The summed E-state index contributed by atoms with van der Waals surface area (Å²) < 4.78 is 31.4. The van der Waals surface area contributed by atoms with Crippen LogP contribution >= 0.6 is 0 Å². The summed E-state index contributed by atoms with van der Waals surface area (Å²) in [7, 11) is 0. The van der Waals surface area contributed by atoms with Crippen molar-refractivity contribution in [2.75, 3.05) is 5.32 Å². The predicted octanol–water partition coefficient (Wildman–Crippen LogP) is 5.17. The zero-order valence-electron chi connectivity index (χ0n) is 14.8. The summed E-state index contributed by atoms with van der Waals surface area (Å²) in [4.78, 5) is 12.7. The Morgan fingerprint density at radius 3 is 2.67 bits per heavy atom. The SMILES string of the molecule is Cc1c(C(=O)Nc2ccc3c(c2)OC2(CCCC2)O3)oc2c(F)cccc12. The van der Waals surface area contributed by atoms with E-state index in [9.17, 15) is 9.18 Å². The molecule has 1 spiro atoms. The molecule has 1 N–H and O–H groups in total. The Morgan fingerprint density at radius 2 is 1.89 bits per heavy atom. The predicted molar refractivity (Wildman–Crippen MR) is 97.8 cm³/mol. The van der Waals surface area contributed by atoms with Crippen molar-refractivity contribution in [3.05, 3.63) is 53.5 Å². The molecule has 27 heavy (non-hydrogen) atoms. The lowest BCUT2D eigenvalue weighted by Gasteiger charge is -2.21. The van der Waals surface area contributed by atoms with Crippen molar-refractivity contribution in [1.82, 2.24) is 0 Å². The highest BCUT2D eigenvalue weighted by molar-refractivity contribution is 6.06. The summed E-state index contributed by atoms with van der Waals surface area (Å²) in [5, 5.41) is 3.39. The first-order valence-corrected chi connectivity index (χ1v) is 9.06. The number of carbonyl (C=O) groups excluding carboxylic acids is 1. The second-order valence-electron chi connectivity index (χ2n) is 7.11. The van der Waals surface area contributed by atoms with Gasteiger partial charge in [-0.3, -0.25) is 4.79 Å². The van der Waals surface area contributed by atoms with Gasteiger partial charge in [0.1, 0.15) is 0 Å². The van der Waals surface area contributed by atoms with Crippen LogP contribution in [0.25, 0.3) is 11.0 Å². The number of benzene rings is 2. The Morgan fingerprint density at radius 1 is 1.11 bits per heavy atom. The maximum atomic E-state index is 13.9. The number of rotatable bonds is 2. The highest BCUT2D eigenvalue weighted by Gasteiger charge is 2.44. The van der Waals surface area contributed by atoms with E-state index in [0.717, 1.165) is 25.7 Å². The fourth-order valence-corrected chi connectivity index (χ4v) is 3.90. The lowest BCUT2D eigenvalue weighted by atomic mass is 10.1. The molecule has 1 aliphatic heterocycles. The summed E-state index contributed by atoms with van der Waals surface area (Å²) in [6.07, 6.45) is 3.90. The number of aryl methyl sites for hydroxylation is 1. The number of anilines is 1. The van der Waals surface area contributed by atoms with E-state index in [2.05, 4.69) is 5.32 Å². The molecule has 0 atom stereocenters. The number of nitrogens with one attached hydrogen (secondary N) is 1. The minimum absolute atomic E-state index is 0.0917. The smallest absolute Gasteiger partial charge is 0.291 e. The maximum Gasteiger partial charge on any atom is 0.291 e. The second-order valence-corrected chi connectivity index (χ2v) is 7.11. The van der Waals surface area contributed by atoms with Gasteiger partial charge < -0.3 is 19.2 Å². The molecule has 6 heteroatoms. The van der Waals surface area contributed by atoms with Crippen molar-refractivity contribution in [3.63, 3.8) is 0 Å². The van der Waals surface area contributed by atoms with Crippen LogP contribution in [0.4, 0.5) is 10.1 Å². The standard InChI is InChI=1S/C21H18FNO4/c1-12-14-5-4-6-15(22)19(14)25-18(12)20(24)23-13-7-8-16-17(11-13)27-21(26-16)9-2-3-10-21/h4-8,11H,2-3,9-10H2,1H3,(H,23,24). The van der Waals surface area contributed by atoms with Crippen LogP contribution in [0, 0.1) is 12.7 Å². The number of ether oxygens (including phenoxy) is 2. The molecule has 5 rings (SSSR count). The first kappa shape index (κ1) is 16.2. The molecule has 0 unspecified atom stereocenters. The first-order chi connectivity index (χ1) is 13.0. The Hall–Kier alpha value is -3.02. The van der Waals surface area contributed by atoms with Crippen LogP contribution < -0.4 is 14.8 Å². The van der Waals surface area contributed by atoms with Crippen LogP contribution in [-0.4, -0.2) is 11.7 Å². The van der Waals surface area contributed by atoms with Crippen molar-refractivity contribution >= 4 is 22.6 Å². The minimum Gasteiger partial charge on any atom is -0.448 e. The molecular weight excluding hydrogens is 349 g/mol. The molecule has 5 nitrogen and oxygen atoms in total. The van der Waals surface area contributed by atoms with E-state index in [1.807, 2.05) is 0 Å². The van der Waals surface area contributed by atoms with Gasteiger partial charge in [0.25, 0.3) is 11.7 Å². The molecule has 0 bridgehead atoms. The zero-order chi connectivity index (χ0) is 18.6. The molecule has 2 aromatic carbocycles. The molecule has 138 valence electrons. The van der Waals surface area contributed by atoms with Crippen molar-refractivity contribution in [1.29, 1.82) is 0 Å². The highest BCUT2D eigenvalue weighted by atomic mass is 19.1. The molecule has 1 saturated carbocycles. The van der Waals surface area contributed by atoms with Crippen LogP contribution in [0.1, 0.15) is 41.8 Å². The van der Waals surface area contributed by atoms with Crippen molar-refractivity contribution in [2.24, 2.45) is 0 Å². The van der Waals surface area contributed by atoms with E-state index >= 15 is 0 Å². The van der Waals surface area contributed by atoms with Gasteiger partial charge in [-0.25, -0.2) is 4.39 Å². The average Bonchev–Trinajstić information content (AvgIpc) is 3.33. The van der Waals surface area contributed by atoms with Crippen molar-refractivity contribution < 1.29 is 23.1 Å². The molecule has 1 aromatic heterocycles. The summed E-state index contributed by atoms with van der Waals surface area (Å²) in [5.74, 6) is -0.0474. The van der Waals surface area contributed by atoms with E-state index < -0.39 is 17.5 Å². The summed E-state index contributed by atoms with van der Waals surface area (Å²) in [6.45, 7) is 1.74. The van der Waals surface area contributed by atoms with E-state index in [0.29, 0.717) is 28.1 Å². The largest absolute Gasteiger partial charge is 0.448 e. The van der Waals surface area contributed by atoms with Crippen LogP contribution in [0.3, 0.4) is 0 Å². The molecular formula is C21H18FNO4. The molecule has 0 saturated heterocycles. The van der Waals surface area contributed by atoms with E-state index in [4.69, 9.17) is 13.9 Å². The van der Waals surface area contributed by atoms with Gasteiger partial charge in [0.2, 0.25) is 0 Å². The molecule has 3 aromatic rings. The Balaban J connectivity index is 1.41. The number of halogens is 1. The summed E-state index contributed by atoms with van der Waals surface area (Å²) in [6, 6.07) is 9.94. The highest BCUT2D eigenvalue weighted by Crippen LogP contribution is 2.47. The van der Waals surface area contributed by atoms with Gasteiger partial charge in [-0.15, -0.1) is 0 Å². The molecule has 2 heterocycles. The van der Waals surface area contributed by atoms with E-state index in [1.165, 1.54) is 6.07 Å². The van der Waals surface area contributed by atoms with Gasteiger partial charge in [-0.1, -0.05) is 12.1 Å². The van der Waals surface area contributed by atoms with E-state index in [1.54, 1.807) is 37.3 Å². The number of hydrogen-bond acceptors (Lipinski definition) is 4. The fraction of sp³-hybridized carbons (Fsp3) is 0.286. The molecule has 0 radical (unpaired) electrons. The fourth-order valence-electron chi connectivity index (χ4n) is 3.90. The van der Waals surface area contributed by atoms with E-state index in [-0.39, 0.29) is 11.3 Å². The zero-order valence-corrected chi connectivity index (χ0v) is 14.8. The van der Waals surface area contributed by atoms with Gasteiger partial charge in [0.05, 0.1) is 0 Å². The van der Waals surface area contributed by atoms with Gasteiger partial charge in [0, 0.05) is 35.5 Å².